The zero-order valence-electron chi connectivity index (χ0n) is 16.2. The molecule has 0 aliphatic heterocycles. The van der Waals surface area contributed by atoms with E-state index in [9.17, 15) is 24.8 Å². The summed E-state index contributed by atoms with van der Waals surface area (Å²) in [5.74, 6) is -1.38. The topological polar surface area (TPSA) is 119 Å². The Labute approximate surface area is 181 Å². The van der Waals surface area contributed by atoms with Crippen LogP contribution in [0.4, 0.5) is 9.80 Å². The Balaban J connectivity index is 1.42. The third kappa shape index (κ3) is 4.26. The quantitative estimate of drug-likeness (QED) is 0.422. The zero-order chi connectivity index (χ0) is 22.0. The van der Waals surface area contributed by atoms with Crippen molar-refractivity contribution in [3.63, 3.8) is 0 Å². The molecule has 0 saturated heterocycles. The van der Waals surface area contributed by atoms with Crippen molar-refractivity contribution in [3.05, 3.63) is 86.8 Å². The Hall–Kier alpha value is -3.72. The molecule has 8 nitrogen and oxygen atoms in total. The Morgan fingerprint density at radius 3 is 2.23 bits per heavy atom. The first kappa shape index (κ1) is 20.5. The average molecular weight is 438 g/mol. The van der Waals surface area contributed by atoms with Crippen molar-refractivity contribution in [1.29, 1.82) is 0 Å². The van der Waals surface area contributed by atoms with Crippen LogP contribution >= 0.6 is 11.3 Å². The van der Waals surface area contributed by atoms with Crippen LogP contribution < -0.4 is 5.32 Å². The number of nitro groups is 1. The molecule has 3 aromatic rings. The van der Waals surface area contributed by atoms with Crippen molar-refractivity contribution in [2.24, 2.45) is 0 Å². The number of fused-ring (bicyclic) bond motifs is 3. The maximum Gasteiger partial charge on any atom is 0.407 e. The van der Waals surface area contributed by atoms with Gasteiger partial charge in [0.05, 0.1) is 4.92 Å². The summed E-state index contributed by atoms with van der Waals surface area (Å²) < 4.78 is 5.38. The molecule has 1 heterocycles. The van der Waals surface area contributed by atoms with E-state index >= 15 is 0 Å². The smallest absolute Gasteiger partial charge is 0.407 e. The van der Waals surface area contributed by atoms with Crippen molar-refractivity contribution in [1.82, 2.24) is 5.32 Å². The molecule has 2 N–H and O–H groups in total. The monoisotopic (exact) mass is 438 g/mol. The fourth-order valence-corrected chi connectivity index (χ4v) is 4.62. The molecule has 0 spiro atoms. The van der Waals surface area contributed by atoms with Crippen molar-refractivity contribution in [2.75, 3.05) is 6.61 Å². The van der Waals surface area contributed by atoms with Crippen LogP contribution in [0.25, 0.3) is 11.1 Å². The molecule has 1 unspecified atom stereocenters. The number of carboxylic acid groups (broad SMARTS) is 1. The van der Waals surface area contributed by atoms with Crippen molar-refractivity contribution in [3.8, 4) is 11.1 Å². The summed E-state index contributed by atoms with van der Waals surface area (Å²) >= 11 is 0.878. The highest BCUT2D eigenvalue weighted by Gasteiger charge is 2.30. The van der Waals surface area contributed by atoms with Crippen molar-refractivity contribution < 1.29 is 24.4 Å². The number of hydrogen-bond donors (Lipinski definition) is 2. The highest BCUT2D eigenvalue weighted by atomic mass is 32.1. The number of alkyl carbamates (subject to hydrolysis) is 1. The minimum atomic E-state index is -1.26. The number of nitrogens with zero attached hydrogens (tertiary/aromatic N) is 1. The van der Waals surface area contributed by atoms with E-state index in [0.29, 0.717) is 4.88 Å². The highest BCUT2D eigenvalue weighted by molar-refractivity contribution is 7.15. The number of amides is 1. The second-order valence-electron chi connectivity index (χ2n) is 7.06. The van der Waals surface area contributed by atoms with Gasteiger partial charge in [0.25, 0.3) is 0 Å². The molecule has 0 bridgehead atoms. The molecule has 1 aromatic heterocycles. The van der Waals surface area contributed by atoms with Crippen LogP contribution in [0.2, 0.25) is 0 Å². The number of carbonyl (C=O) groups is 2. The van der Waals surface area contributed by atoms with Crippen molar-refractivity contribution in [2.45, 2.75) is 18.4 Å². The number of carboxylic acids is 1. The van der Waals surface area contributed by atoms with Crippen LogP contribution in [0, 0.1) is 10.1 Å². The number of aliphatic carboxylic acids is 1. The van der Waals surface area contributed by atoms with E-state index in [2.05, 4.69) is 5.32 Å². The second-order valence-corrected chi connectivity index (χ2v) is 8.21. The Bertz CT molecular complexity index is 1110. The standard InChI is InChI=1S/C22H18N2O6S/c25-21(26)19(11-13-9-10-20(31-13)24(28)29)23-22(27)30-12-18-16-7-3-1-5-14(16)15-6-2-4-8-17(15)18/h1-10,18-19H,11-12H2,(H,23,27)(H,25,26). The third-order valence-electron chi connectivity index (χ3n) is 5.17. The summed E-state index contributed by atoms with van der Waals surface area (Å²) in [6, 6.07) is 17.3. The zero-order valence-corrected chi connectivity index (χ0v) is 17.0. The Morgan fingerprint density at radius 2 is 1.68 bits per heavy atom. The molecule has 1 aliphatic carbocycles. The first-order chi connectivity index (χ1) is 14.9. The molecule has 0 saturated carbocycles. The van der Waals surface area contributed by atoms with Gasteiger partial charge in [-0.3, -0.25) is 10.1 Å². The minimum absolute atomic E-state index is 0.0661. The largest absolute Gasteiger partial charge is 0.480 e. The second kappa shape index (κ2) is 8.57. The van der Waals surface area contributed by atoms with Crippen LogP contribution in [-0.2, 0) is 16.0 Å². The number of rotatable bonds is 7. The van der Waals surface area contributed by atoms with Gasteiger partial charge in [-0.05, 0) is 28.3 Å². The predicted octanol–water partition coefficient (Wildman–Crippen LogP) is 4.19. The first-order valence-corrected chi connectivity index (χ1v) is 10.3. The lowest BCUT2D eigenvalue weighted by Gasteiger charge is -2.17. The van der Waals surface area contributed by atoms with E-state index in [1.54, 1.807) is 0 Å². The molecular formula is C22H18N2O6S. The van der Waals surface area contributed by atoms with Gasteiger partial charge in [-0.1, -0.05) is 59.9 Å². The van der Waals surface area contributed by atoms with Crippen molar-refractivity contribution >= 4 is 28.4 Å². The Morgan fingerprint density at radius 1 is 1.06 bits per heavy atom. The summed E-state index contributed by atoms with van der Waals surface area (Å²) in [5.41, 5.74) is 4.29. The SMILES string of the molecule is O=C(NC(Cc1ccc([N+](=O)[O-])s1)C(=O)O)OCC1c2ccccc2-c2ccccc21. The third-order valence-corrected chi connectivity index (χ3v) is 6.23. The van der Waals surface area contributed by atoms with Crippen LogP contribution in [-0.4, -0.2) is 34.7 Å². The molecule has 9 heteroatoms. The van der Waals surface area contributed by atoms with E-state index in [1.165, 1.54) is 12.1 Å². The van der Waals surface area contributed by atoms with E-state index in [4.69, 9.17) is 4.74 Å². The normalized spacial score (nSPS) is 13.2. The van der Waals surface area contributed by atoms with Crippen LogP contribution in [0.3, 0.4) is 0 Å². The van der Waals surface area contributed by atoms with Gasteiger partial charge in [0.1, 0.15) is 12.6 Å². The first-order valence-electron chi connectivity index (χ1n) is 9.51. The molecule has 1 amide bonds. The van der Waals surface area contributed by atoms with Gasteiger partial charge in [-0.15, -0.1) is 0 Å². The van der Waals surface area contributed by atoms with E-state index in [-0.39, 0.29) is 23.9 Å². The number of benzene rings is 2. The molecular weight excluding hydrogens is 420 g/mol. The molecule has 4 rings (SSSR count). The molecule has 158 valence electrons. The van der Waals surface area contributed by atoms with Gasteiger partial charge in [-0.25, -0.2) is 9.59 Å². The van der Waals surface area contributed by atoms with Gasteiger partial charge in [0.15, 0.2) is 0 Å². The van der Waals surface area contributed by atoms with Gasteiger partial charge in [0, 0.05) is 23.3 Å². The lowest BCUT2D eigenvalue weighted by Crippen LogP contribution is -2.42. The Kier molecular flexibility index (Phi) is 5.68. The van der Waals surface area contributed by atoms with Crippen LogP contribution in [0.1, 0.15) is 21.9 Å². The predicted molar refractivity (Wildman–Crippen MR) is 114 cm³/mol. The maximum absolute atomic E-state index is 12.3. The lowest BCUT2D eigenvalue weighted by molar-refractivity contribution is -0.380. The van der Waals surface area contributed by atoms with E-state index in [1.807, 2.05) is 48.5 Å². The van der Waals surface area contributed by atoms with Gasteiger partial charge in [0.2, 0.25) is 0 Å². The van der Waals surface area contributed by atoms with E-state index < -0.39 is 23.0 Å². The summed E-state index contributed by atoms with van der Waals surface area (Å²) in [6.45, 7) is 0.0661. The van der Waals surface area contributed by atoms with Crippen LogP contribution in [0.15, 0.2) is 60.7 Å². The van der Waals surface area contributed by atoms with Gasteiger partial charge >= 0.3 is 17.1 Å². The number of carbonyl (C=O) groups excluding carboxylic acids is 1. The number of thiophene rings is 1. The number of hydrogen-bond acceptors (Lipinski definition) is 6. The molecule has 1 aliphatic rings. The summed E-state index contributed by atoms with van der Waals surface area (Å²) in [5, 5.41) is 22.5. The summed E-state index contributed by atoms with van der Waals surface area (Å²) in [7, 11) is 0. The fraction of sp³-hybridized carbons (Fsp3) is 0.182. The van der Waals surface area contributed by atoms with Gasteiger partial charge < -0.3 is 15.2 Å². The lowest BCUT2D eigenvalue weighted by atomic mass is 9.98. The summed E-state index contributed by atoms with van der Waals surface area (Å²) in [4.78, 5) is 34.7. The van der Waals surface area contributed by atoms with E-state index in [0.717, 1.165) is 33.6 Å². The average Bonchev–Trinajstić information content (AvgIpc) is 3.35. The number of nitrogens with one attached hydrogen (secondary N) is 1. The highest BCUT2D eigenvalue weighted by Crippen LogP contribution is 2.44. The molecule has 2 aromatic carbocycles. The summed E-state index contributed by atoms with van der Waals surface area (Å²) in [6.07, 6.45) is -0.918. The molecule has 0 fully saturated rings. The maximum atomic E-state index is 12.3. The number of ether oxygens (including phenoxy) is 1. The molecule has 1 atom stereocenters. The fourth-order valence-electron chi connectivity index (χ4n) is 3.76. The molecule has 31 heavy (non-hydrogen) atoms. The molecule has 0 radical (unpaired) electrons. The minimum Gasteiger partial charge on any atom is -0.480 e. The van der Waals surface area contributed by atoms with Crippen LogP contribution in [0.5, 0.6) is 0 Å². The van der Waals surface area contributed by atoms with Gasteiger partial charge in [-0.2, -0.15) is 0 Å².